The van der Waals surface area contributed by atoms with Gasteiger partial charge in [-0.15, -0.1) is 0 Å². The van der Waals surface area contributed by atoms with Crippen molar-refractivity contribution >= 4 is 15.9 Å². The van der Waals surface area contributed by atoms with Crippen molar-refractivity contribution in [1.82, 2.24) is 0 Å². The number of hydrogen-bond donors (Lipinski definition) is 1. The predicted octanol–water partition coefficient (Wildman–Crippen LogP) is 4.32. The van der Waals surface area contributed by atoms with Gasteiger partial charge in [0.2, 0.25) is 0 Å². The SMILES string of the molecule is CC(N)CC(c1ccccc1)c1cccc(Br)c1. The Hall–Kier alpha value is -1.12. The number of nitrogens with two attached hydrogens (primary N) is 1. The highest BCUT2D eigenvalue weighted by molar-refractivity contribution is 9.10. The van der Waals surface area contributed by atoms with Crippen LogP contribution in [0.5, 0.6) is 0 Å². The minimum atomic E-state index is 0.189. The molecule has 1 nitrogen and oxygen atoms in total. The molecule has 0 aromatic heterocycles. The van der Waals surface area contributed by atoms with Gasteiger partial charge in [-0.25, -0.2) is 0 Å². The van der Waals surface area contributed by atoms with Crippen LogP contribution in [0.3, 0.4) is 0 Å². The lowest BCUT2D eigenvalue weighted by atomic mass is 9.86. The fourth-order valence-electron chi connectivity index (χ4n) is 2.25. The first-order valence-electron chi connectivity index (χ1n) is 6.23. The first-order valence-corrected chi connectivity index (χ1v) is 7.02. The Labute approximate surface area is 117 Å². The van der Waals surface area contributed by atoms with E-state index in [1.54, 1.807) is 0 Å². The van der Waals surface area contributed by atoms with E-state index in [-0.39, 0.29) is 6.04 Å². The molecule has 2 aromatic carbocycles. The standard InChI is InChI=1S/C16H18BrN/c1-12(18)10-16(13-6-3-2-4-7-13)14-8-5-9-15(17)11-14/h2-9,11-12,16H,10,18H2,1H3. The second kappa shape index (κ2) is 6.17. The van der Waals surface area contributed by atoms with Crippen LogP contribution in [0.25, 0.3) is 0 Å². The van der Waals surface area contributed by atoms with Crippen LogP contribution < -0.4 is 5.73 Å². The van der Waals surface area contributed by atoms with Gasteiger partial charge in [0.25, 0.3) is 0 Å². The highest BCUT2D eigenvalue weighted by Gasteiger charge is 2.15. The van der Waals surface area contributed by atoms with Crippen LogP contribution in [0.15, 0.2) is 59.1 Å². The molecule has 0 fully saturated rings. The van der Waals surface area contributed by atoms with Crippen LogP contribution >= 0.6 is 15.9 Å². The molecule has 0 heterocycles. The third kappa shape index (κ3) is 3.44. The minimum absolute atomic E-state index is 0.189. The van der Waals surface area contributed by atoms with Crippen molar-refractivity contribution in [3.05, 3.63) is 70.2 Å². The summed E-state index contributed by atoms with van der Waals surface area (Å²) in [5.41, 5.74) is 8.63. The maximum atomic E-state index is 5.99. The molecule has 94 valence electrons. The van der Waals surface area contributed by atoms with Crippen LogP contribution in [0.4, 0.5) is 0 Å². The number of rotatable bonds is 4. The van der Waals surface area contributed by atoms with Gasteiger partial charge in [-0.05, 0) is 36.6 Å². The average molecular weight is 304 g/mol. The van der Waals surface area contributed by atoms with Gasteiger partial charge in [0.15, 0.2) is 0 Å². The molecule has 18 heavy (non-hydrogen) atoms. The van der Waals surface area contributed by atoms with Crippen molar-refractivity contribution < 1.29 is 0 Å². The summed E-state index contributed by atoms with van der Waals surface area (Å²) in [5, 5.41) is 0. The zero-order valence-corrected chi connectivity index (χ0v) is 12.1. The summed E-state index contributed by atoms with van der Waals surface area (Å²) in [7, 11) is 0. The zero-order valence-electron chi connectivity index (χ0n) is 10.5. The van der Waals surface area contributed by atoms with Gasteiger partial charge in [0.05, 0.1) is 0 Å². The Morgan fingerprint density at radius 2 is 1.67 bits per heavy atom. The molecule has 2 heteroatoms. The predicted molar refractivity (Wildman–Crippen MR) is 80.7 cm³/mol. The molecule has 0 radical (unpaired) electrons. The van der Waals surface area contributed by atoms with Crippen molar-refractivity contribution in [2.45, 2.75) is 25.3 Å². The molecule has 0 saturated carbocycles. The highest BCUT2D eigenvalue weighted by Crippen LogP contribution is 2.30. The number of halogens is 1. The third-order valence-corrected chi connectivity index (χ3v) is 3.55. The molecule has 2 rings (SSSR count). The fraction of sp³-hybridized carbons (Fsp3) is 0.250. The van der Waals surface area contributed by atoms with E-state index >= 15 is 0 Å². The smallest absolute Gasteiger partial charge is 0.0178 e. The summed E-state index contributed by atoms with van der Waals surface area (Å²) in [6.07, 6.45) is 0.959. The highest BCUT2D eigenvalue weighted by atomic mass is 79.9. The lowest BCUT2D eigenvalue weighted by Gasteiger charge is -2.20. The molecular formula is C16H18BrN. The second-order valence-corrected chi connectivity index (χ2v) is 5.65. The van der Waals surface area contributed by atoms with Gasteiger partial charge in [-0.2, -0.15) is 0 Å². The van der Waals surface area contributed by atoms with Crippen LogP contribution in [-0.4, -0.2) is 6.04 Å². The largest absolute Gasteiger partial charge is 0.328 e. The van der Waals surface area contributed by atoms with Gasteiger partial charge < -0.3 is 5.73 Å². The van der Waals surface area contributed by atoms with Crippen LogP contribution in [0, 0.1) is 0 Å². The van der Waals surface area contributed by atoms with E-state index in [0.29, 0.717) is 5.92 Å². The summed E-state index contributed by atoms with van der Waals surface area (Å²) >= 11 is 3.54. The lowest BCUT2D eigenvalue weighted by molar-refractivity contribution is 0.608. The molecule has 0 bridgehead atoms. The third-order valence-electron chi connectivity index (χ3n) is 3.06. The van der Waals surface area contributed by atoms with Crippen molar-refractivity contribution in [2.75, 3.05) is 0 Å². The minimum Gasteiger partial charge on any atom is -0.328 e. The van der Waals surface area contributed by atoms with E-state index in [9.17, 15) is 0 Å². The molecule has 0 saturated heterocycles. The normalized spacial score (nSPS) is 14.2. The van der Waals surface area contributed by atoms with E-state index in [1.165, 1.54) is 11.1 Å². The molecule has 0 aliphatic carbocycles. The molecule has 0 aliphatic rings. The Bertz CT molecular complexity index is 493. The van der Waals surface area contributed by atoms with Crippen LogP contribution in [-0.2, 0) is 0 Å². The van der Waals surface area contributed by atoms with E-state index in [1.807, 2.05) is 6.07 Å². The zero-order chi connectivity index (χ0) is 13.0. The summed E-state index contributed by atoms with van der Waals surface area (Å²) in [5.74, 6) is 0.365. The van der Waals surface area contributed by atoms with Gasteiger partial charge >= 0.3 is 0 Å². The Morgan fingerprint density at radius 1 is 1.00 bits per heavy atom. The molecule has 0 aliphatic heterocycles. The van der Waals surface area contributed by atoms with E-state index in [4.69, 9.17) is 5.73 Å². The monoisotopic (exact) mass is 303 g/mol. The van der Waals surface area contributed by atoms with Crippen LogP contribution in [0.2, 0.25) is 0 Å². The van der Waals surface area contributed by atoms with Crippen LogP contribution in [0.1, 0.15) is 30.4 Å². The average Bonchev–Trinajstić information content (AvgIpc) is 2.37. The summed E-state index contributed by atoms with van der Waals surface area (Å²) < 4.78 is 1.12. The van der Waals surface area contributed by atoms with Crippen molar-refractivity contribution in [2.24, 2.45) is 5.73 Å². The van der Waals surface area contributed by atoms with E-state index in [2.05, 4.69) is 71.4 Å². The maximum absolute atomic E-state index is 5.99. The van der Waals surface area contributed by atoms with Gasteiger partial charge in [-0.3, -0.25) is 0 Å². The lowest BCUT2D eigenvalue weighted by Crippen LogP contribution is -2.19. The Balaban J connectivity index is 2.37. The summed E-state index contributed by atoms with van der Waals surface area (Å²) in [4.78, 5) is 0. The molecule has 0 amide bonds. The molecular weight excluding hydrogens is 286 g/mol. The Kier molecular flexibility index (Phi) is 4.56. The maximum Gasteiger partial charge on any atom is 0.0178 e. The first kappa shape index (κ1) is 13.3. The quantitative estimate of drug-likeness (QED) is 0.894. The van der Waals surface area contributed by atoms with Gasteiger partial charge in [-0.1, -0.05) is 58.4 Å². The summed E-state index contributed by atoms with van der Waals surface area (Å²) in [6, 6.07) is 19.2. The summed E-state index contributed by atoms with van der Waals surface area (Å²) in [6.45, 7) is 2.06. The number of hydrogen-bond acceptors (Lipinski definition) is 1. The first-order chi connectivity index (χ1) is 8.66. The van der Waals surface area contributed by atoms with Gasteiger partial charge in [0.1, 0.15) is 0 Å². The molecule has 2 atom stereocenters. The molecule has 2 N–H and O–H groups in total. The second-order valence-electron chi connectivity index (χ2n) is 4.73. The van der Waals surface area contributed by atoms with E-state index < -0.39 is 0 Å². The number of benzene rings is 2. The van der Waals surface area contributed by atoms with E-state index in [0.717, 1.165) is 10.9 Å². The molecule has 2 unspecified atom stereocenters. The van der Waals surface area contributed by atoms with Crippen molar-refractivity contribution in [3.8, 4) is 0 Å². The topological polar surface area (TPSA) is 26.0 Å². The molecule has 2 aromatic rings. The van der Waals surface area contributed by atoms with Gasteiger partial charge in [0, 0.05) is 16.4 Å². The Morgan fingerprint density at radius 3 is 2.28 bits per heavy atom. The molecule has 0 spiro atoms. The fourth-order valence-corrected chi connectivity index (χ4v) is 2.66. The van der Waals surface area contributed by atoms with Crippen molar-refractivity contribution in [1.29, 1.82) is 0 Å². The van der Waals surface area contributed by atoms with Crippen molar-refractivity contribution in [3.63, 3.8) is 0 Å².